The van der Waals surface area contributed by atoms with Gasteiger partial charge < -0.3 is 9.73 Å². The van der Waals surface area contributed by atoms with Crippen molar-refractivity contribution in [3.05, 3.63) is 87.3 Å². The maximum absolute atomic E-state index is 11.1. The second kappa shape index (κ2) is 6.59. The van der Waals surface area contributed by atoms with Crippen LogP contribution in [0.3, 0.4) is 0 Å². The second-order valence-electron chi connectivity index (χ2n) is 7.68. The van der Waals surface area contributed by atoms with Crippen molar-refractivity contribution in [1.29, 1.82) is 0 Å². The predicted molar refractivity (Wildman–Crippen MR) is 114 cm³/mol. The normalized spacial score (nSPS) is 14.7. The van der Waals surface area contributed by atoms with Crippen LogP contribution in [-0.4, -0.2) is 14.7 Å². The molecule has 0 amide bonds. The quantitative estimate of drug-likeness (QED) is 0.356. The lowest BCUT2D eigenvalue weighted by molar-refractivity contribution is -0.384. The van der Waals surface area contributed by atoms with E-state index < -0.39 is 4.92 Å². The molecule has 2 aromatic heterocycles. The molecule has 150 valence electrons. The Morgan fingerprint density at radius 3 is 2.73 bits per heavy atom. The molecule has 1 N–H and O–H groups in total. The molecular weight excluding hydrogens is 380 g/mol. The molecule has 0 saturated carbocycles. The minimum absolute atomic E-state index is 0.0335. The van der Waals surface area contributed by atoms with Crippen LogP contribution in [-0.2, 0) is 0 Å². The number of nitrogens with one attached hydrogen (secondary N) is 1. The van der Waals surface area contributed by atoms with Gasteiger partial charge in [0.05, 0.1) is 16.3 Å². The van der Waals surface area contributed by atoms with Crippen molar-refractivity contribution in [2.75, 3.05) is 5.32 Å². The Morgan fingerprint density at radius 1 is 1.10 bits per heavy atom. The summed E-state index contributed by atoms with van der Waals surface area (Å²) in [5.41, 5.74) is 7.19. The molecule has 4 aromatic rings. The average Bonchev–Trinajstić information content (AvgIpc) is 3.34. The van der Waals surface area contributed by atoms with Crippen LogP contribution in [0.15, 0.2) is 59.0 Å². The summed E-state index contributed by atoms with van der Waals surface area (Å²) in [6, 6.07) is 16.6. The smallest absolute Gasteiger partial charge is 0.270 e. The summed E-state index contributed by atoms with van der Waals surface area (Å²) in [6.07, 6.45) is -0.310. The van der Waals surface area contributed by atoms with Crippen LogP contribution < -0.4 is 5.32 Å². The van der Waals surface area contributed by atoms with E-state index in [2.05, 4.69) is 37.4 Å². The first-order chi connectivity index (χ1) is 14.4. The molecule has 1 unspecified atom stereocenters. The highest BCUT2D eigenvalue weighted by Crippen LogP contribution is 2.42. The number of hydrogen-bond donors (Lipinski definition) is 1. The van der Waals surface area contributed by atoms with Crippen molar-refractivity contribution in [3.8, 4) is 22.6 Å². The third kappa shape index (κ3) is 2.86. The number of fused-ring (bicyclic) bond motifs is 3. The molecule has 1 atom stereocenters. The molecule has 3 heterocycles. The lowest BCUT2D eigenvalue weighted by Gasteiger charge is -2.29. The van der Waals surface area contributed by atoms with Crippen LogP contribution in [0, 0.1) is 30.9 Å². The van der Waals surface area contributed by atoms with Crippen LogP contribution in [0.25, 0.3) is 22.6 Å². The number of nitrogens with zero attached hydrogens (tertiary/aromatic N) is 3. The first-order valence-electron chi connectivity index (χ1n) is 9.69. The fraction of sp³-hybridized carbons (Fsp3) is 0.174. The van der Waals surface area contributed by atoms with Crippen molar-refractivity contribution < 1.29 is 9.34 Å². The summed E-state index contributed by atoms with van der Waals surface area (Å²) in [5, 5.41) is 19.4. The molecule has 1 aliphatic rings. The van der Waals surface area contributed by atoms with Crippen molar-refractivity contribution >= 4 is 11.4 Å². The van der Waals surface area contributed by atoms with E-state index in [0.29, 0.717) is 17.1 Å². The van der Waals surface area contributed by atoms with Crippen LogP contribution >= 0.6 is 0 Å². The molecule has 0 radical (unpaired) electrons. The summed E-state index contributed by atoms with van der Waals surface area (Å²) < 4.78 is 8.08. The zero-order valence-corrected chi connectivity index (χ0v) is 16.8. The third-order valence-electron chi connectivity index (χ3n) is 5.38. The van der Waals surface area contributed by atoms with Crippen LogP contribution in [0.2, 0.25) is 0 Å². The fourth-order valence-electron chi connectivity index (χ4n) is 4.09. The van der Waals surface area contributed by atoms with Gasteiger partial charge >= 0.3 is 0 Å². The van der Waals surface area contributed by atoms with Crippen molar-refractivity contribution in [1.82, 2.24) is 9.78 Å². The number of furan rings is 1. The Morgan fingerprint density at radius 2 is 1.93 bits per heavy atom. The number of benzene rings is 2. The number of aromatic nitrogens is 2. The SMILES string of the molecule is Cc1cc(C)c2c(c1)-c1cc(C)nn1C(c1ccc(-c3cccc([N+](=O)[O-])c3)o1)N2. The summed E-state index contributed by atoms with van der Waals surface area (Å²) in [5.74, 6) is 1.26. The Labute approximate surface area is 173 Å². The molecule has 0 fully saturated rings. The van der Waals surface area contributed by atoms with Gasteiger partial charge in [-0.1, -0.05) is 23.8 Å². The minimum Gasteiger partial charge on any atom is -0.457 e. The molecule has 30 heavy (non-hydrogen) atoms. The molecule has 0 bridgehead atoms. The Hall–Kier alpha value is -3.87. The monoisotopic (exact) mass is 400 g/mol. The van der Waals surface area contributed by atoms with E-state index in [1.54, 1.807) is 12.1 Å². The molecule has 0 saturated heterocycles. The predicted octanol–water partition coefficient (Wildman–Crippen LogP) is 5.62. The standard InChI is InChI=1S/C23H20N4O3/c1-13-9-14(2)22-18(10-13)19-11-15(3)25-26(19)23(24-22)21-8-7-20(30-21)16-5-4-6-17(12-16)27(28)29/h4-12,23-24H,1-3H3. The first kappa shape index (κ1) is 18.2. The third-order valence-corrected chi connectivity index (χ3v) is 5.38. The van der Waals surface area contributed by atoms with E-state index in [0.717, 1.165) is 28.2 Å². The second-order valence-corrected chi connectivity index (χ2v) is 7.68. The number of rotatable bonds is 3. The summed E-state index contributed by atoms with van der Waals surface area (Å²) >= 11 is 0. The van der Waals surface area contributed by atoms with Gasteiger partial charge in [0.2, 0.25) is 0 Å². The maximum Gasteiger partial charge on any atom is 0.270 e. The molecule has 2 aromatic carbocycles. The molecule has 1 aliphatic heterocycles. The van der Waals surface area contributed by atoms with E-state index in [-0.39, 0.29) is 11.9 Å². The topological polar surface area (TPSA) is 86.1 Å². The Kier molecular flexibility index (Phi) is 3.99. The number of aryl methyl sites for hydroxylation is 3. The van der Waals surface area contributed by atoms with Gasteiger partial charge in [-0.25, -0.2) is 4.68 Å². The highest BCUT2D eigenvalue weighted by molar-refractivity contribution is 5.81. The van der Waals surface area contributed by atoms with Crippen molar-refractivity contribution in [3.63, 3.8) is 0 Å². The van der Waals surface area contributed by atoms with E-state index in [1.807, 2.05) is 23.7 Å². The molecule has 7 nitrogen and oxygen atoms in total. The first-order valence-corrected chi connectivity index (χ1v) is 9.69. The lowest BCUT2D eigenvalue weighted by Crippen LogP contribution is -2.26. The fourth-order valence-corrected chi connectivity index (χ4v) is 4.09. The number of anilines is 1. The van der Waals surface area contributed by atoms with Crippen LogP contribution in [0.5, 0.6) is 0 Å². The van der Waals surface area contributed by atoms with E-state index >= 15 is 0 Å². The van der Waals surface area contributed by atoms with Crippen LogP contribution in [0.1, 0.15) is 28.7 Å². The maximum atomic E-state index is 11.1. The summed E-state index contributed by atoms with van der Waals surface area (Å²) in [6.45, 7) is 6.15. The summed E-state index contributed by atoms with van der Waals surface area (Å²) in [7, 11) is 0. The van der Waals surface area contributed by atoms with Gasteiger partial charge in [-0.05, 0) is 50.6 Å². The average molecular weight is 400 g/mol. The van der Waals surface area contributed by atoms with Crippen LogP contribution in [0.4, 0.5) is 11.4 Å². The van der Waals surface area contributed by atoms with E-state index in [4.69, 9.17) is 9.52 Å². The number of nitro groups is 1. The molecule has 5 rings (SSSR count). The molecular formula is C23H20N4O3. The van der Waals surface area contributed by atoms with Gasteiger partial charge in [0.1, 0.15) is 11.5 Å². The minimum atomic E-state index is -0.406. The van der Waals surface area contributed by atoms with Crippen molar-refractivity contribution in [2.45, 2.75) is 26.9 Å². The van der Waals surface area contributed by atoms with Gasteiger partial charge in [-0.15, -0.1) is 0 Å². The zero-order chi connectivity index (χ0) is 21.0. The largest absolute Gasteiger partial charge is 0.457 e. The summed E-state index contributed by atoms with van der Waals surface area (Å²) in [4.78, 5) is 10.7. The number of non-ortho nitro benzene ring substituents is 1. The van der Waals surface area contributed by atoms with Gasteiger partial charge in [0.25, 0.3) is 5.69 Å². The van der Waals surface area contributed by atoms with Gasteiger partial charge in [0.15, 0.2) is 6.17 Å². The van der Waals surface area contributed by atoms with Gasteiger partial charge in [-0.2, -0.15) is 5.10 Å². The highest BCUT2D eigenvalue weighted by atomic mass is 16.6. The number of hydrogen-bond acceptors (Lipinski definition) is 5. The van der Waals surface area contributed by atoms with E-state index in [1.165, 1.54) is 17.7 Å². The zero-order valence-electron chi connectivity index (χ0n) is 16.8. The number of nitro benzene ring substituents is 1. The molecule has 7 heteroatoms. The van der Waals surface area contributed by atoms with Gasteiger partial charge in [-0.3, -0.25) is 10.1 Å². The highest BCUT2D eigenvalue weighted by Gasteiger charge is 2.30. The van der Waals surface area contributed by atoms with Gasteiger partial charge in [0, 0.05) is 28.9 Å². The Bertz CT molecular complexity index is 1300. The Balaban J connectivity index is 1.59. The molecule has 0 spiro atoms. The van der Waals surface area contributed by atoms with E-state index in [9.17, 15) is 10.1 Å². The lowest BCUT2D eigenvalue weighted by atomic mass is 9.99. The van der Waals surface area contributed by atoms with Crippen molar-refractivity contribution in [2.24, 2.45) is 0 Å². The molecule has 0 aliphatic carbocycles.